The smallest absolute Gasteiger partial charge is 0.163 e. The van der Waals surface area contributed by atoms with E-state index < -0.39 is 0 Å². The van der Waals surface area contributed by atoms with Crippen molar-refractivity contribution in [2.75, 3.05) is 13.2 Å². The topological polar surface area (TPSA) is 47.1 Å². The highest BCUT2D eigenvalue weighted by Crippen LogP contribution is 2.73. The number of ether oxygens (including phenoxy) is 2. The minimum Gasteiger partial charge on any atom is -0.486 e. The molecule has 4 nitrogen and oxygen atoms in total. The summed E-state index contributed by atoms with van der Waals surface area (Å²) in [4.78, 5) is 8.26. The van der Waals surface area contributed by atoms with Crippen LogP contribution in [0.5, 0.6) is 11.5 Å². The molecule has 2 heterocycles. The maximum atomic E-state index is 5.63. The number of aromatic amines is 1. The molecule has 0 unspecified atom stereocenters. The third-order valence-corrected chi connectivity index (χ3v) is 5.46. The second-order valence-electron chi connectivity index (χ2n) is 7.01. The molecule has 2 aliphatic rings. The Hall–Kier alpha value is -1.71. The summed E-state index contributed by atoms with van der Waals surface area (Å²) >= 11 is 0. The first-order valence-electron chi connectivity index (χ1n) is 7.20. The molecule has 106 valence electrons. The third-order valence-electron chi connectivity index (χ3n) is 5.46. The Labute approximate surface area is 118 Å². The van der Waals surface area contributed by atoms with Crippen molar-refractivity contribution in [3.8, 4) is 11.5 Å². The van der Waals surface area contributed by atoms with E-state index in [-0.39, 0.29) is 10.8 Å². The van der Waals surface area contributed by atoms with Gasteiger partial charge in [0.15, 0.2) is 11.5 Å². The van der Waals surface area contributed by atoms with Crippen LogP contribution in [0.25, 0.3) is 11.0 Å². The van der Waals surface area contributed by atoms with Crippen molar-refractivity contribution in [1.29, 1.82) is 0 Å². The van der Waals surface area contributed by atoms with Crippen molar-refractivity contribution in [1.82, 2.24) is 9.97 Å². The average molecular weight is 272 g/mol. The zero-order chi connectivity index (χ0) is 14.1. The zero-order valence-electron chi connectivity index (χ0n) is 12.4. The largest absolute Gasteiger partial charge is 0.486 e. The van der Waals surface area contributed by atoms with Crippen LogP contribution in [0.4, 0.5) is 0 Å². The van der Waals surface area contributed by atoms with Crippen molar-refractivity contribution in [3.63, 3.8) is 0 Å². The van der Waals surface area contributed by atoms with Crippen molar-refractivity contribution in [2.45, 2.75) is 33.6 Å². The van der Waals surface area contributed by atoms with Crippen LogP contribution in [0, 0.1) is 10.8 Å². The van der Waals surface area contributed by atoms with Gasteiger partial charge in [-0.25, -0.2) is 4.98 Å². The van der Waals surface area contributed by atoms with E-state index in [0.717, 1.165) is 28.4 Å². The number of nitrogens with zero attached hydrogens (tertiary/aromatic N) is 1. The molecule has 4 heteroatoms. The Bertz CT molecular complexity index is 643. The molecule has 0 bridgehead atoms. The van der Waals surface area contributed by atoms with E-state index in [9.17, 15) is 0 Å². The average Bonchev–Trinajstić information content (AvgIpc) is 2.70. The Morgan fingerprint density at radius 2 is 1.65 bits per heavy atom. The van der Waals surface area contributed by atoms with Crippen LogP contribution < -0.4 is 9.47 Å². The van der Waals surface area contributed by atoms with Gasteiger partial charge in [-0.3, -0.25) is 0 Å². The van der Waals surface area contributed by atoms with Crippen molar-refractivity contribution in [2.24, 2.45) is 10.8 Å². The minimum atomic E-state index is 0.285. The fourth-order valence-electron chi connectivity index (χ4n) is 3.58. The molecule has 20 heavy (non-hydrogen) atoms. The number of rotatable bonds is 1. The van der Waals surface area contributed by atoms with Gasteiger partial charge in [0.1, 0.15) is 19.0 Å². The second-order valence-corrected chi connectivity index (χ2v) is 7.01. The van der Waals surface area contributed by atoms with Crippen LogP contribution in [0.3, 0.4) is 0 Å². The SMILES string of the molecule is CC1(C)C(c2nc3cc4c(cc3[nH]2)OCCO4)C1(C)C. The molecule has 1 N–H and O–H groups in total. The number of fused-ring (bicyclic) bond motifs is 2. The van der Waals surface area contributed by atoms with Gasteiger partial charge >= 0.3 is 0 Å². The van der Waals surface area contributed by atoms with Crippen LogP contribution in [0.1, 0.15) is 39.4 Å². The van der Waals surface area contributed by atoms with Crippen molar-refractivity contribution < 1.29 is 9.47 Å². The molecule has 1 aliphatic heterocycles. The lowest BCUT2D eigenvalue weighted by Crippen LogP contribution is -2.15. The fraction of sp³-hybridized carbons (Fsp3) is 0.562. The molecule has 1 fully saturated rings. The Balaban J connectivity index is 1.80. The molecular weight excluding hydrogens is 252 g/mol. The van der Waals surface area contributed by atoms with E-state index in [0.29, 0.717) is 19.1 Å². The molecule has 1 aromatic carbocycles. The molecule has 0 atom stereocenters. The number of aromatic nitrogens is 2. The Morgan fingerprint density at radius 1 is 1.05 bits per heavy atom. The first kappa shape index (κ1) is 12.1. The van der Waals surface area contributed by atoms with Gasteiger partial charge in [0.05, 0.1) is 11.0 Å². The van der Waals surface area contributed by atoms with Gasteiger partial charge < -0.3 is 14.5 Å². The highest BCUT2D eigenvalue weighted by molar-refractivity contribution is 5.80. The highest BCUT2D eigenvalue weighted by Gasteiger charge is 2.66. The number of hydrogen-bond donors (Lipinski definition) is 1. The maximum Gasteiger partial charge on any atom is 0.163 e. The van der Waals surface area contributed by atoms with E-state index >= 15 is 0 Å². The summed E-state index contributed by atoms with van der Waals surface area (Å²) in [6.45, 7) is 10.5. The Morgan fingerprint density at radius 3 is 2.25 bits per heavy atom. The van der Waals surface area contributed by atoms with E-state index in [4.69, 9.17) is 14.5 Å². The fourth-order valence-corrected chi connectivity index (χ4v) is 3.58. The lowest BCUT2D eigenvalue weighted by atomic mass is 10.0. The predicted molar refractivity (Wildman–Crippen MR) is 77.4 cm³/mol. The van der Waals surface area contributed by atoms with Crippen LogP contribution in [0.2, 0.25) is 0 Å². The van der Waals surface area contributed by atoms with Gasteiger partial charge in [-0.2, -0.15) is 0 Å². The number of hydrogen-bond acceptors (Lipinski definition) is 3. The molecular formula is C16H20N2O2. The minimum absolute atomic E-state index is 0.285. The second kappa shape index (κ2) is 3.48. The lowest BCUT2D eigenvalue weighted by Gasteiger charge is -2.17. The van der Waals surface area contributed by atoms with Crippen molar-refractivity contribution >= 4 is 11.0 Å². The quantitative estimate of drug-likeness (QED) is 0.864. The normalized spacial score (nSPS) is 23.0. The number of benzene rings is 1. The van der Waals surface area contributed by atoms with E-state index in [2.05, 4.69) is 32.7 Å². The summed E-state index contributed by atoms with van der Waals surface area (Å²) in [5.41, 5.74) is 2.56. The highest BCUT2D eigenvalue weighted by atomic mass is 16.6. The van der Waals surface area contributed by atoms with Gasteiger partial charge in [0.2, 0.25) is 0 Å². The summed E-state index contributed by atoms with van der Waals surface area (Å²) in [5.74, 6) is 3.17. The third kappa shape index (κ3) is 1.39. The molecule has 0 radical (unpaired) electrons. The van der Waals surface area contributed by atoms with Crippen LogP contribution >= 0.6 is 0 Å². The van der Waals surface area contributed by atoms with E-state index in [1.165, 1.54) is 0 Å². The molecule has 1 saturated carbocycles. The molecule has 0 saturated heterocycles. The lowest BCUT2D eigenvalue weighted by molar-refractivity contribution is 0.172. The van der Waals surface area contributed by atoms with Crippen LogP contribution in [-0.2, 0) is 0 Å². The molecule has 0 amide bonds. The number of H-pyrrole nitrogens is 1. The summed E-state index contributed by atoms with van der Waals surface area (Å²) in [6.07, 6.45) is 0. The van der Waals surface area contributed by atoms with E-state index in [1.54, 1.807) is 0 Å². The first-order chi connectivity index (χ1) is 9.41. The van der Waals surface area contributed by atoms with Gasteiger partial charge in [-0.1, -0.05) is 27.7 Å². The summed E-state index contributed by atoms with van der Waals surface area (Å²) < 4.78 is 11.2. The zero-order valence-corrected chi connectivity index (χ0v) is 12.4. The molecule has 4 rings (SSSR count). The predicted octanol–water partition coefficient (Wildman–Crippen LogP) is 3.48. The first-order valence-corrected chi connectivity index (χ1v) is 7.20. The van der Waals surface area contributed by atoms with Gasteiger partial charge in [-0.15, -0.1) is 0 Å². The van der Waals surface area contributed by atoms with Gasteiger partial charge in [0.25, 0.3) is 0 Å². The number of imidazole rings is 1. The summed E-state index contributed by atoms with van der Waals surface area (Å²) in [6, 6.07) is 3.98. The summed E-state index contributed by atoms with van der Waals surface area (Å²) in [5, 5.41) is 0. The molecule has 1 aliphatic carbocycles. The Kier molecular flexibility index (Phi) is 2.10. The van der Waals surface area contributed by atoms with Crippen LogP contribution in [0.15, 0.2) is 12.1 Å². The standard InChI is InChI=1S/C16H20N2O2/c1-15(2)13(16(15,3)4)14-17-9-7-11-12(8-10(9)18-14)20-6-5-19-11/h7-8,13H,5-6H2,1-4H3,(H,17,18). The summed E-state index contributed by atoms with van der Waals surface area (Å²) in [7, 11) is 0. The van der Waals surface area contributed by atoms with Crippen LogP contribution in [-0.4, -0.2) is 23.2 Å². The maximum absolute atomic E-state index is 5.63. The van der Waals surface area contributed by atoms with Gasteiger partial charge in [-0.05, 0) is 10.8 Å². The van der Waals surface area contributed by atoms with E-state index in [1.807, 2.05) is 12.1 Å². The number of nitrogens with one attached hydrogen (secondary N) is 1. The monoisotopic (exact) mass is 272 g/mol. The molecule has 1 aromatic heterocycles. The molecule has 0 spiro atoms. The van der Waals surface area contributed by atoms with Crippen molar-refractivity contribution in [3.05, 3.63) is 18.0 Å². The van der Waals surface area contributed by atoms with Gasteiger partial charge in [0, 0.05) is 18.1 Å². The molecule has 2 aromatic rings.